The van der Waals surface area contributed by atoms with E-state index in [4.69, 9.17) is 0 Å². The van der Waals surface area contributed by atoms with Gasteiger partial charge in [-0.25, -0.2) is 13.1 Å². The number of rotatable bonds is 8. The first kappa shape index (κ1) is 15.3. The van der Waals surface area contributed by atoms with Crippen LogP contribution in [0.1, 0.15) is 20.3 Å². The summed E-state index contributed by atoms with van der Waals surface area (Å²) < 4.78 is 23.8. The molecular weight excluding hydrogens is 230 g/mol. The van der Waals surface area contributed by atoms with E-state index in [2.05, 4.69) is 15.4 Å². The van der Waals surface area contributed by atoms with Crippen LogP contribution in [0.5, 0.6) is 0 Å². The van der Waals surface area contributed by atoms with Crippen molar-refractivity contribution in [3.8, 4) is 0 Å². The molecule has 1 amide bonds. The van der Waals surface area contributed by atoms with Crippen molar-refractivity contribution in [2.45, 2.75) is 26.3 Å². The van der Waals surface area contributed by atoms with E-state index >= 15 is 0 Å². The molecule has 0 atom stereocenters. The molecule has 6 nitrogen and oxygen atoms in total. The normalized spacial score (nSPS) is 11.8. The molecule has 0 unspecified atom stereocenters. The lowest BCUT2D eigenvalue weighted by Crippen LogP contribution is -2.38. The highest BCUT2D eigenvalue weighted by atomic mass is 32.2. The van der Waals surface area contributed by atoms with Gasteiger partial charge in [0.2, 0.25) is 15.9 Å². The van der Waals surface area contributed by atoms with Gasteiger partial charge in [0.05, 0.1) is 12.8 Å². The van der Waals surface area contributed by atoms with Gasteiger partial charge in [0.1, 0.15) is 0 Å². The molecule has 0 saturated heterocycles. The van der Waals surface area contributed by atoms with Crippen LogP contribution in [0.25, 0.3) is 0 Å². The van der Waals surface area contributed by atoms with Gasteiger partial charge in [-0.3, -0.25) is 4.79 Å². The van der Waals surface area contributed by atoms with Gasteiger partial charge >= 0.3 is 0 Å². The molecule has 0 rings (SSSR count). The van der Waals surface area contributed by atoms with Crippen LogP contribution in [0.4, 0.5) is 0 Å². The van der Waals surface area contributed by atoms with Gasteiger partial charge in [0.15, 0.2) is 0 Å². The van der Waals surface area contributed by atoms with E-state index in [1.165, 1.54) is 0 Å². The Labute approximate surface area is 97.2 Å². The summed E-state index contributed by atoms with van der Waals surface area (Å²) >= 11 is 0. The summed E-state index contributed by atoms with van der Waals surface area (Å²) in [6, 6.07) is 0.140. The second kappa shape index (κ2) is 7.59. The molecule has 0 aliphatic carbocycles. The van der Waals surface area contributed by atoms with Crippen molar-refractivity contribution in [1.82, 2.24) is 15.4 Å². The van der Waals surface area contributed by atoms with Crippen LogP contribution in [-0.4, -0.2) is 46.3 Å². The van der Waals surface area contributed by atoms with Crippen molar-refractivity contribution >= 4 is 15.9 Å². The Morgan fingerprint density at radius 3 is 2.38 bits per heavy atom. The smallest absolute Gasteiger partial charge is 0.234 e. The fourth-order valence-corrected chi connectivity index (χ4v) is 1.56. The molecular formula is C9H21N3O3S. The van der Waals surface area contributed by atoms with Crippen LogP contribution in [0.15, 0.2) is 0 Å². The molecule has 0 fully saturated rings. The van der Waals surface area contributed by atoms with Crippen LogP contribution in [0, 0.1) is 0 Å². The predicted molar refractivity (Wildman–Crippen MR) is 63.6 cm³/mol. The van der Waals surface area contributed by atoms with Gasteiger partial charge in [0.25, 0.3) is 0 Å². The highest BCUT2D eigenvalue weighted by Crippen LogP contribution is 1.79. The van der Waals surface area contributed by atoms with Crippen molar-refractivity contribution in [3.05, 3.63) is 0 Å². The molecule has 7 heteroatoms. The van der Waals surface area contributed by atoms with Gasteiger partial charge in [-0.15, -0.1) is 0 Å². The molecule has 0 aromatic carbocycles. The van der Waals surface area contributed by atoms with Gasteiger partial charge in [-0.2, -0.15) is 0 Å². The summed E-state index contributed by atoms with van der Waals surface area (Å²) in [5.74, 6) is -0.0499. The minimum atomic E-state index is -3.10. The number of amides is 1. The topological polar surface area (TPSA) is 87.3 Å². The van der Waals surface area contributed by atoms with Gasteiger partial charge in [-0.05, 0) is 26.8 Å². The van der Waals surface area contributed by atoms with E-state index in [1.807, 2.05) is 13.8 Å². The van der Waals surface area contributed by atoms with Gasteiger partial charge in [-0.1, -0.05) is 0 Å². The molecule has 16 heavy (non-hydrogen) atoms. The Morgan fingerprint density at radius 1 is 1.25 bits per heavy atom. The first-order chi connectivity index (χ1) is 7.31. The molecule has 0 radical (unpaired) electrons. The number of hydrogen-bond donors (Lipinski definition) is 3. The molecule has 96 valence electrons. The summed E-state index contributed by atoms with van der Waals surface area (Å²) in [7, 11) is -3.10. The van der Waals surface area contributed by atoms with Crippen molar-refractivity contribution in [3.63, 3.8) is 0 Å². The maximum atomic E-state index is 11.2. The highest BCUT2D eigenvalue weighted by Gasteiger charge is 2.02. The third-order valence-electron chi connectivity index (χ3n) is 1.63. The Balaban J connectivity index is 3.37. The zero-order valence-electron chi connectivity index (χ0n) is 10.0. The zero-order chi connectivity index (χ0) is 12.6. The summed E-state index contributed by atoms with van der Waals surface area (Å²) in [6.45, 7) is 5.05. The van der Waals surface area contributed by atoms with E-state index in [0.29, 0.717) is 19.5 Å². The molecule has 0 bridgehead atoms. The van der Waals surface area contributed by atoms with Crippen LogP contribution in [0.2, 0.25) is 0 Å². The Hall–Kier alpha value is -0.660. The van der Waals surface area contributed by atoms with Crippen molar-refractivity contribution in [2.24, 2.45) is 0 Å². The van der Waals surface area contributed by atoms with Gasteiger partial charge in [0, 0.05) is 12.6 Å². The minimum absolute atomic E-state index is 0.0499. The Bertz CT molecular complexity index is 301. The lowest BCUT2D eigenvalue weighted by molar-refractivity contribution is -0.120. The fourth-order valence-electron chi connectivity index (χ4n) is 1.05. The quantitative estimate of drug-likeness (QED) is 0.485. The third-order valence-corrected chi connectivity index (χ3v) is 2.36. The van der Waals surface area contributed by atoms with Crippen LogP contribution >= 0.6 is 0 Å². The van der Waals surface area contributed by atoms with Crippen molar-refractivity contribution in [1.29, 1.82) is 0 Å². The molecule has 0 aromatic heterocycles. The first-order valence-corrected chi connectivity index (χ1v) is 7.15. The van der Waals surface area contributed by atoms with E-state index in [1.54, 1.807) is 0 Å². The lowest BCUT2D eigenvalue weighted by Gasteiger charge is -2.09. The van der Waals surface area contributed by atoms with E-state index in [0.717, 1.165) is 6.26 Å². The summed E-state index contributed by atoms with van der Waals surface area (Å²) in [5, 5.41) is 5.67. The highest BCUT2D eigenvalue weighted by molar-refractivity contribution is 7.88. The molecule has 3 N–H and O–H groups in total. The lowest BCUT2D eigenvalue weighted by atomic mass is 10.4. The van der Waals surface area contributed by atoms with E-state index < -0.39 is 10.0 Å². The SMILES string of the molecule is CC(C)NC(=O)CNCCCNS(C)(=O)=O. The minimum Gasteiger partial charge on any atom is -0.353 e. The maximum Gasteiger partial charge on any atom is 0.234 e. The maximum absolute atomic E-state index is 11.2. The average Bonchev–Trinajstić information content (AvgIpc) is 2.07. The molecule has 0 spiro atoms. The number of hydrogen-bond acceptors (Lipinski definition) is 4. The predicted octanol–water partition coefficient (Wildman–Crippen LogP) is -0.960. The number of carbonyl (C=O) groups excluding carboxylic acids is 1. The monoisotopic (exact) mass is 251 g/mol. The number of carbonyl (C=O) groups is 1. The molecule has 0 aromatic rings. The second-order valence-electron chi connectivity index (χ2n) is 3.92. The molecule has 0 aliphatic heterocycles. The van der Waals surface area contributed by atoms with Crippen LogP contribution in [-0.2, 0) is 14.8 Å². The van der Waals surface area contributed by atoms with Crippen LogP contribution < -0.4 is 15.4 Å². The van der Waals surface area contributed by atoms with Crippen molar-refractivity contribution in [2.75, 3.05) is 25.9 Å². The van der Waals surface area contributed by atoms with Gasteiger partial charge < -0.3 is 10.6 Å². The Morgan fingerprint density at radius 2 is 1.88 bits per heavy atom. The second-order valence-corrected chi connectivity index (χ2v) is 5.75. The Kier molecular flexibility index (Phi) is 7.27. The molecule has 0 heterocycles. The number of sulfonamides is 1. The molecule has 0 saturated carbocycles. The fraction of sp³-hybridized carbons (Fsp3) is 0.889. The average molecular weight is 251 g/mol. The summed E-state index contributed by atoms with van der Waals surface area (Å²) in [5.41, 5.74) is 0. The summed E-state index contributed by atoms with van der Waals surface area (Å²) in [6.07, 6.45) is 1.78. The third kappa shape index (κ3) is 11.4. The van der Waals surface area contributed by atoms with E-state index in [-0.39, 0.29) is 18.5 Å². The standard InChI is InChI=1S/C9H21N3O3S/c1-8(2)12-9(13)7-10-5-4-6-11-16(3,14)15/h8,10-11H,4-7H2,1-3H3,(H,12,13). The first-order valence-electron chi connectivity index (χ1n) is 5.26. The zero-order valence-corrected chi connectivity index (χ0v) is 10.9. The number of nitrogens with one attached hydrogen (secondary N) is 3. The molecule has 0 aliphatic rings. The van der Waals surface area contributed by atoms with E-state index in [9.17, 15) is 13.2 Å². The largest absolute Gasteiger partial charge is 0.353 e. The summed E-state index contributed by atoms with van der Waals surface area (Å²) in [4.78, 5) is 11.2. The van der Waals surface area contributed by atoms with Crippen LogP contribution in [0.3, 0.4) is 0 Å². The van der Waals surface area contributed by atoms with Crippen molar-refractivity contribution < 1.29 is 13.2 Å².